The van der Waals surface area contributed by atoms with E-state index in [1.54, 1.807) is 0 Å². The average Bonchev–Trinajstić information content (AvgIpc) is 2.49. The molecule has 0 aliphatic carbocycles. The molecule has 1 N–H and O–H groups in total. The van der Waals surface area contributed by atoms with Crippen molar-refractivity contribution in [2.24, 2.45) is 11.8 Å². The largest absolute Gasteiger partial charge is 0.481 e. The lowest BCUT2D eigenvalue weighted by Crippen LogP contribution is -2.64. The summed E-state index contributed by atoms with van der Waals surface area (Å²) >= 11 is 0. The molecule has 3 rings (SSSR count). The maximum absolute atomic E-state index is 11.5. The molecule has 3 aliphatic heterocycles. The molecule has 3 saturated heterocycles. The molecular formula is C16H26N2O3. The zero-order valence-electron chi connectivity index (χ0n) is 12.6. The van der Waals surface area contributed by atoms with Crippen molar-refractivity contribution in [3.8, 4) is 0 Å². The number of carboxylic acid groups (broad SMARTS) is 1. The lowest BCUT2D eigenvalue weighted by atomic mass is 9.69. The maximum atomic E-state index is 11.5. The molecule has 0 aromatic carbocycles. The van der Waals surface area contributed by atoms with Gasteiger partial charge in [0.05, 0.1) is 0 Å². The van der Waals surface area contributed by atoms with E-state index in [2.05, 4.69) is 4.90 Å². The SMILES string of the molecule is O=CN1C[C@@H]2CCCN3CCC[C@@H]([C@H]23)[C@H]1CCCC(=O)O. The van der Waals surface area contributed by atoms with Crippen molar-refractivity contribution in [1.29, 1.82) is 0 Å². The molecule has 4 atom stereocenters. The Labute approximate surface area is 126 Å². The first-order valence-electron chi connectivity index (χ1n) is 8.37. The maximum Gasteiger partial charge on any atom is 0.303 e. The Hall–Kier alpha value is -1.10. The first-order chi connectivity index (χ1) is 10.2. The van der Waals surface area contributed by atoms with Crippen LogP contribution in [0.5, 0.6) is 0 Å². The van der Waals surface area contributed by atoms with E-state index >= 15 is 0 Å². The first kappa shape index (κ1) is 14.8. The summed E-state index contributed by atoms with van der Waals surface area (Å²) in [6, 6.07) is 0.891. The predicted octanol–water partition coefficient (Wildman–Crippen LogP) is 1.57. The number of carbonyl (C=O) groups excluding carboxylic acids is 1. The van der Waals surface area contributed by atoms with Gasteiger partial charge in [0, 0.05) is 25.0 Å². The summed E-state index contributed by atoms with van der Waals surface area (Å²) in [4.78, 5) is 26.9. The third-order valence-electron chi connectivity index (χ3n) is 5.74. The fraction of sp³-hybridized carbons (Fsp3) is 0.875. The fourth-order valence-electron chi connectivity index (χ4n) is 4.99. The molecule has 5 heteroatoms. The number of carboxylic acids is 1. The Balaban J connectivity index is 1.73. The molecule has 0 aromatic heterocycles. The van der Waals surface area contributed by atoms with Crippen LogP contribution in [0.2, 0.25) is 0 Å². The van der Waals surface area contributed by atoms with Crippen LogP contribution in [0, 0.1) is 11.8 Å². The third-order valence-corrected chi connectivity index (χ3v) is 5.74. The average molecular weight is 294 g/mol. The highest BCUT2D eigenvalue weighted by atomic mass is 16.4. The summed E-state index contributed by atoms with van der Waals surface area (Å²) in [7, 11) is 0. The van der Waals surface area contributed by atoms with Crippen molar-refractivity contribution in [2.75, 3.05) is 19.6 Å². The molecule has 0 unspecified atom stereocenters. The summed E-state index contributed by atoms with van der Waals surface area (Å²) in [5.41, 5.74) is 0. The van der Waals surface area contributed by atoms with Gasteiger partial charge in [-0.25, -0.2) is 0 Å². The predicted molar refractivity (Wildman–Crippen MR) is 78.9 cm³/mol. The number of amides is 1. The molecule has 3 fully saturated rings. The van der Waals surface area contributed by atoms with Gasteiger partial charge in [0.15, 0.2) is 0 Å². The monoisotopic (exact) mass is 294 g/mol. The lowest BCUT2D eigenvalue weighted by molar-refractivity contribution is -0.137. The summed E-state index contributed by atoms with van der Waals surface area (Å²) < 4.78 is 0. The topological polar surface area (TPSA) is 60.9 Å². The number of nitrogens with zero attached hydrogens (tertiary/aromatic N) is 2. The fourth-order valence-corrected chi connectivity index (χ4v) is 4.99. The molecule has 21 heavy (non-hydrogen) atoms. The van der Waals surface area contributed by atoms with Gasteiger partial charge >= 0.3 is 5.97 Å². The highest BCUT2D eigenvalue weighted by Gasteiger charge is 2.47. The minimum atomic E-state index is -0.732. The molecule has 0 saturated carbocycles. The summed E-state index contributed by atoms with van der Waals surface area (Å²) in [5, 5.41) is 8.84. The second kappa shape index (κ2) is 6.34. The molecule has 5 nitrogen and oxygen atoms in total. The van der Waals surface area contributed by atoms with Crippen LogP contribution in [-0.4, -0.2) is 59.0 Å². The van der Waals surface area contributed by atoms with Crippen molar-refractivity contribution in [3.63, 3.8) is 0 Å². The quantitative estimate of drug-likeness (QED) is 0.782. The molecule has 118 valence electrons. The van der Waals surface area contributed by atoms with Crippen LogP contribution in [0.3, 0.4) is 0 Å². The van der Waals surface area contributed by atoms with Gasteiger partial charge in [-0.3, -0.25) is 14.5 Å². The van der Waals surface area contributed by atoms with Gasteiger partial charge < -0.3 is 10.0 Å². The summed E-state index contributed by atoms with van der Waals surface area (Å²) in [6.07, 6.45) is 7.65. The minimum Gasteiger partial charge on any atom is -0.481 e. The van der Waals surface area contributed by atoms with Gasteiger partial charge in [0.1, 0.15) is 0 Å². The highest BCUT2D eigenvalue weighted by molar-refractivity contribution is 5.66. The normalized spacial score (nSPS) is 36.1. The van der Waals surface area contributed by atoms with Gasteiger partial charge in [-0.2, -0.15) is 0 Å². The van der Waals surface area contributed by atoms with E-state index in [-0.39, 0.29) is 12.5 Å². The Morgan fingerprint density at radius 1 is 1.24 bits per heavy atom. The lowest BCUT2D eigenvalue weighted by Gasteiger charge is -2.57. The van der Waals surface area contributed by atoms with Crippen LogP contribution in [0.1, 0.15) is 44.9 Å². The van der Waals surface area contributed by atoms with Crippen molar-refractivity contribution in [3.05, 3.63) is 0 Å². The molecule has 3 aliphatic rings. The Bertz CT molecular complexity index is 399. The van der Waals surface area contributed by atoms with Gasteiger partial charge in [-0.1, -0.05) is 0 Å². The molecule has 3 heterocycles. The van der Waals surface area contributed by atoms with E-state index in [4.69, 9.17) is 5.11 Å². The van der Waals surface area contributed by atoms with Crippen molar-refractivity contribution in [1.82, 2.24) is 9.80 Å². The number of rotatable bonds is 5. The molecule has 0 aromatic rings. The van der Waals surface area contributed by atoms with Crippen LogP contribution in [0.25, 0.3) is 0 Å². The van der Waals surface area contributed by atoms with Crippen molar-refractivity contribution in [2.45, 2.75) is 57.0 Å². The third kappa shape index (κ3) is 2.93. The standard InChI is InChI=1S/C16H26N2O3/c19-11-18-10-12-4-2-8-17-9-3-5-13(16(12)17)14(18)6-1-7-15(20)21/h11-14,16H,1-10H2,(H,20,21)/t12-,13+,14+,16-/m0/s1. The van der Waals surface area contributed by atoms with Crippen LogP contribution in [-0.2, 0) is 9.59 Å². The number of likely N-dealkylation sites (tertiary alicyclic amines) is 1. The van der Waals surface area contributed by atoms with E-state index < -0.39 is 5.97 Å². The van der Waals surface area contributed by atoms with Crippen LogP contribution in [0.15, 0.2) is 0 Å². The van der Waals surface area contributed by atoms with E-state index in [1.807, 2.05) is 4.90 Å². The first-order valence-corrected chi connectivity index (χ1v) is 8.37. The van der Waals surface area contributed by atoms with Crippen molar-refractivity contribution >= 4 is 12.4 Å². The molecule has 1 amide bonds. The van der Waals surface area contributed by atoms with Gasteiger partial charge in [-0.05, 0) is 63.5 Å². The van der Waals surface area contributed by atoms with Gasteiger partial charge in [0.25, 0.3) is 0 Å². The zero-order valence-corrected chi connectivity index (χ0v) is 12.6. The van der Waals surface area contributed by atoms with E-state index in [1.165, 1.54) is 38.8 Å². The second-order valence-electron chi connectivity index (χ2n) is 6.89. The Kier molecular flexibility index (Phi) is 4.48. The molecular weight excluding hydrogens is 268 g/mol. The molecule has 0 bridgehead atoms. The number of aliphatic carboxylic acids is 1. The minimum absolute atomic E-state index is 0.216. The van der Waals surface area contributed by atoms with Crippen LogP contribution in [0.4, 0.5) is 0 Å². The van der Waals surface area contributed by atoms with E-state index in [9.17, 15) is 9.59 Å². The highest BCUT2D eigenvalue weighted by Crippen LogP contribution is 2.42. The van der Waals surface area contributed by atoms with Gasteiger partial charge in [0.2, 0.25) is 6.41 Å². The van der Waals surface area contributed by atoms with Crippen molar-refractivity contribution < 1.29 is 14.7 Å². The number of hydrogen-bond acceptors (Lipinski definition) is 3. The van der Waals surface area contributed by atoms with E-state index in [0.29, 0.717) is 24.3 Å². The van der Waals surface area contributed by atoms with Crippen LogP contribution < -0.4 is 0 Å². The molecule has 0 radical (unpaired) electrons. The summed E-state index contributed by atoms with van der Waals surface area (Å²) in [5.74, 6) is 0.450. The van der Waals surface area contributed by atoms with Gasteiger partial charge in [-0.15, -0.1) is 0 Å². The zero-order chi connectivity index (χ0) is 14.8. The molecule has 0 spiro atoms. The number of piperidine rings is 3. The van der Waals surface area contributed by atoms with E-state index in [0.717, 1.165) is 19.4 Å². The van der Waals surface area contributed by atoms with Crippen LogP contribution >= 0.6 is 0 Å². The Morgan fingerprint density at radius 3 is 2.71 bits per heavy atom. The Morgan fingerprint density at radius 2 is 2.00 bits per heavy atom. The second-order valence-corrected chi connectivity index (χ2v) is 6.89. The summed E-state index contributed by atoms with van der Waals surface area (Å²) in [6.45, 7) is 3.29. The number of hydrogen-bond donors (Lipinski definition) is 1. The smallest absolute Gasteiger partial charge is 0.303 e. The number of carbonyl (C=O) groups is 2.